The smallest absolute Gasteiger partial charge is 0.244 e. The van der Waals surface area contributed by atoms with E-state index >= 15 is 0 Å². The molecule has 6 heteroatoms. The van der Waals surface area contributed by atoms with E-state index in [9.17, 15) is 9.59 Å². The third-order valence-corrected chi connectivity index (χ3v) is 5.79. The fraction of sp³-hybridized carbons (Fsp3) is 0.348. The molecular formula is C23H26N4O2. The number of carbonyl (C=O) groups is 2. The number of aromatic nitrogens is 1. The predicted molar refractivity (Wildman–Crippen MR) is 114 cm³/mol. The number of hydrogen-bond donors (Lipinski definition) is 2. The number of anilines is 2. The lowest BCUT2D eigenvalue weighted by atomic mass is 10.1. The number of nitrogens with one attached hydrogen (secondary N) is 2. The lowest BCUT2D eigenvalue weighted by Gasteiger charge is -2.22. The number of amides is 2. The summed E-state index contributed by atoms with van der Waals surface area (Å²) >= 11 is 0. The van der Waals surface area contributed by atoms with Gasteiger partial charge in [-0.3, -0.25) is 14.6 Å². The highest BCUT2D eigenvalue weighted by atomic mass is 16.2. The largest absolute Gasteiger partial charge is 0.371 e. The number of piperidine rings is 1. The molecule has 1 unspecified atom stereocenters. The summed E-state index contributed by atoms with van der Waals surface area (Å²) in [6, 6.07) is 11.8. The van der Waals surface area contributed by atoms with Crippen LogP contribution in [0.25, 0.3) is 6.08 Å². The Morgan fingerprint density at radius 1 is 1.21 bits per heavy atom. The normalized spacial score (nSPS) is 22.4. The van der Waals surface area contributed by atoms with Gasteiger partial charge in [0, 0.05) is 56.4 Å². The van der Waals surface area contributed by atoms with Crippen molar-refractivity contribution < 1.29 is 9.59 Å². The van der Waals surface area contributed by atoms with E-state index < -0.39 is 0 Å². The first kappa shape index (κ1) is 19.2. The Morgan fingerprint density at radius 2 is 2.03 bits per heavy atom. The first-order chi connectivity index (χ1) is 14.1. The number of carbonyl (C=O) groups excluding carboxylic acids is 2. The molecule has 2 aliphatic rings. The molecule has 2 amide bonds. The minimum Gasteiger partial charge on any atom is -0.371 e. The van der Waals surface area contributed by atoms with Crippen molar-refractivity contribution in [3.8, 4) is 0 Å². The second-order valence-electron chi connectivity index (χ2n) is 7.83. The van der Waals surface area contributed by atoms with Gasteiger partial charge >= 0.3 is 0 Å². The van der Waals surface area contributed by atoms with Crippen molar-refractivity contribution in [2.75, 3.05) is 29.9 Å². The number of hydrogen-bond acceptors (Lipinski definition) is 4. The zero-order valence-electron chi connectivity index (χ0n) is 16.5. The molecule has 1 aliphatic heterocycles. The first-order valence-electron chi connectivity index (χ1n) is 10.1. The Bertz CT molecular complexity index is 900. The van der Waals surface area contributed by atoms with Gasteiger partial charge in [-0.1, -0.05) is 12.1 Å². The van der Waals surface area contributed by atoms with Crippen LogP contribution in [0.5, 0.6) is 0 Å². The van der Waals surface area contributed by atoms with Gasteiger partial charge in [-0.05, 0) is 60.1 Å². The van der Waals surface area contributed by atoms with Gasteiger partial charge < -0.3 is 15.5 Å². The van der Waals surface area contributed by atoms with Crippen LogP contribution in [-0.2, 0) is 9.59 Å². The second-order valence-corrected chi connectivity index (χ2v) is 7.83. The highest BCUT2D eigenvalue weighted by Gasteiger charge is 2.54. The molecule has 3 atom stereocenters. The molecule has 150 valence electrons. The average molecular weight is 390 g/mol. The molecule has 2 aromatic rings. The van der Waals surface area contributed by atoms with Crippen molar-refractivity contribution in [3.63, 3.8) is 0 Å². The predicted octanol–water partition coefficient (Wildman–Crippen LogP) is 2.94. The molecule has 4 rings (SSSR count). The number of fused-ring (bicyclic) bond motifs is 1. The molecule has 1 saturated carbocycles. The van der Waals surface area contributed by atoms with E-state index in [4.69, 9.17) is 0 Å². The van der Waals surface area contributed by atoms with Crippen LogP contribution in [0.15, 0.2) is 54.9 Å². The van der Waals surface area contributed by atoms with E-state index in [1.165, 1.54) is 6.92 Å². The molecule has 1 aliphatic carbocycles. The molecule has 2 fully saturated rings. The molecular weight excluding hydrogens is 364 g/mol. The SMILES string of the molecule is CC(=O)Nc1cccc(N2C[C@@H]3C(CCNC(=O)/C=C/c4cccnc4)[C@@H]3C2)c1. The third-order valence-electron chi connectivity index (χ3n) is 5.79. The molecule has 1 aromatic carbocycles. The fourth-order valence-electron chi connectivity index (χ4n) is 4.34. The van der Waals surface area contributed by atoms with E-state index in [0.717, 1.165) is 36.4 Å². The highest BCUT2D eigenvalue weighted by Crippen LogP contribution is 2.54. The molecule has 2 heterocycles. The second kappa shape index (κ2) is 8.47. The van der Waals surface area contributed by atoms with Crippen molar-refractivity contribution in [3.05, 3.63) is 60.4 Å². The molecule has 0 spiro atoms. The summed E-state index contributed by atoms with van der Waals surface area (Å²) in [4.78, 5) is 29.6. The van der Waals surface area contributed by atoms with Crippen LogP contribution in [0.3, 0.4) is 0 Å². The van der Waals surface area contributed by atoms with E-state index in [1.807, 2.05) is 30.3 Å². The van der Waals surface area contributed by atoms with Crippen molar-refractivity contribution >= 4 is 29.3 Å². The summed E-state index contributed by atoms with van der Waals surface area (Å²) in [6.45, 7) is 4.34. The van der Waals surface area contributed by atoms with Gasteiger partial charge in [0.05, 0.1) is 0 Å². The summed E-state index contributed by atoms with van der Waals surface area (Å²) in [7, 11) is 0. The molecule has 1 saturated heterocycles. The van der Waals surface area contributed by atoms with Gasteiger partial charge in [-0.25, -0.2) is 0 Å². The van der Waals surface area contributed by atoms with Crippen LogP contribution in [0.1, 0.15) is 18.9 Å². The van der Waals surface area contributed by atoms with Crippen molar-refractivity contribution in [1.29, 1.82) is 0 Å². The van der Waals surface area contributed by atoms with Crippen LogP contribution in [0.4, 0.5) is 11.4 Å². The van der Waals surface area contributed by atoms with Crippen LogP contribution in [-0.4, -0.2) is 36.4 Å². The maximum absolute atomic E-state index is 12.0. The van der Waals surface area contributed by atoms with E-state index in [-0.39, 0.29) is 11.8 Å². The van der Waals surface area contributed by atoms with Crippen molar-refractivity contribution in [2.45, 2.75) is 13.3 Å². The first-order valence-corrected chi connectivity index (χ1v) is 10.1. The van der Waals surface area contributed by atoms with Crippen molar-refractivity contribution in [1.82, 2.24) is 10.3 Å². The number of nitrogens with zero attached hydrogens (tertiary/aromatic N) is 2. The van der Waals surface area contributed by atoms with Crippen LogP contribution < -0.4 is 15.5 Å². The average Bonchev–Trinajstić information content (AvgIpc) is 3.16. The zero-order chi connectivity index (χ0) is 20.2. The monoisotopic (exact) mass is 390 g/mol. The number of pyridine rings is 1. The van der Waals surface area contributed by atoms with E-state index in [1.54, 1.807) is 24.5 Å². The zero-order valence-corrected chi connectivity index (χ0v) is 16.5. The Kier molecular flexibility index (Phi) is 5.60. The molecule has 2 N–H and O–H groups in total. The maximum Gasteiger partial charge on any atom is 0.244 e. The van der Waals surface area contributed by atoms with Crippen LogP contribution in [0, 0.1) is 17.8 Å². The minimum atomic E-state index is -0.0592. The van der Waals surface area contributed by atoms with E-state index in [2.05, 4.69) is 26.6 Å². The topological polar surface area (TPSA) is 74.3 Å². The summed E-state index contributed by atoms with van der Waals surface area (Å²) in [5.74, 6) is 2.01. The van der Waals surface area contributed by atoms with Gasteiger partial charge in [0.2, 0.25) is 11.8 Å². The summed E-state index contributed by atoms with van der Waals surface area (Å²) in [6.07, 6.45) is 7.81. The maximum atomic E-state index is 12.0. The van der Waals surface area contributed by atoms with Crippen molar-refractivity contribution in [2.24, 2.45) is 17.8 Å². The number of benzene rings is 1. The van der Waals surface area contributed by atoms with Gasteiger partial charge in [-0.15, -0.1) is 0 Å². The Labute approximate surface area is 171 Å². The quantitative estimate of drug-likeness (QED) is 0.713. The lowest BCUT2D eigenvalue weighted by Crippen LogP contribution is -2.26. The van der Waals surface area contributed by atoms with Crippen LogP contribution in [0.2, 0.25) is 0 Å². The van der Waals surface area contributed by atoms with Gasteiger partial charge in [0.15, 0.2) is 0 Å². The van der Waals surface area contributed by atoms with Gasteiger partial charge in [0.25, 0.3) is 0 Å². The lowest BCUT2D eigenvalue weighted by molar-refractivity contribution is -0.116. The van der Waals surface area contributed by atoms with E-state index in [0.29, 0.717) is 24.3 Å². The fourth-order valence-corrected chi connectivity index (χ4v) is 4.34. The van der Waals surface area contributed by atoms with Crippen LogP contribution >= 0.6 is 0 Å². The third kappa shape index (κ3) is 4.83. The molecule has 0 radical (unpaired) electrons. The Morgan fingerprint density at radius 3 is 2.76 bits per heavy atom. The highest BCUT2D eigenvalue weighted by molar-refractivity contribution is 5.91. The van der Waals surface area contributed by atoms with Gasteiger partial charge in [0.1, 0.15) is 0 Å². The molecule has 29 heavy (non-hydrogen) atoms. The standard InChI is InChI=1S/C23H26N4O2/c1-16(28)26-18-5-2-6-19(12-18)27-14-21-20(22(21)15-27)9-11-25-23(29)8-7-17-4-3-10-24-13-17/h2-8,10,12-13,20-22H,9,11,14-15H2,1H3,(H,25,29)(H,26,28)/b8-7+/t20?,21-,22+. The van der Waals surface area contributed by atoms with Gasteiger partial charge in [-0.2, -0.15) is 0 Å². The minimum absolute atomic E-state index is 0.0520. The summed E-state index contributed by atoms with van der Waals surface area (Å²) in [5.41, 5.74) is 2.92. The Hall–Kier alpha value is -3.15. The summed E-state index contributed by atoms with van der Waals surface area (Å²) in [5, 5.41) is 5.83. The molecule has 6 nitrogen and oxygen atoms in total. The number of rotatable bonds is 7. The molecule has 0 bridgehead atoms. The molecule has 1 aromatic heterocycles. The Balaban J connectivity index is 1.19. The summed E-state index contributed by atoms with van der Waals surface area (Å²) < 4.78 is 0.